The predicted octanol–water partition coefficient (Wildman–Crippen LogP) is 0.320. The number of nitrogens with two attached hydrogens (primary N) is 2. The Kier molecular flexibility index (Phi) is 2.49. The van der Waals surface area contributed by atoms with Crippen LogP contribution >= 0.6 is 0 Å². The summed E-state index contributed by atoms with van der Waals surface area (Å²) in [7, 11) is 0. The average Bonchev–Trinajstić information content (AvgIpc) is 2.34. The van der Waals surface area contributed by atoms with Gasteiger partial charge in [0.25, 0.3) is 0 Å². The van der Waals surface area contributed by atoms with Crippen LogP contribution in [-0.2, 0) is 0 Å². The van der Waals surface area contributed by atoms with Gasteiger partial charge in [-0.15, -0.1) is 0 Å². The standard InChI is InChI=1S/C7H16N2/c8-4-6-1-2-7(3-6)5-9/h6-7H,1-5,8-9H2/t6-,7-/m0/s1. The molecule has 1 fully saturated rings. The molecule has 0 heterocycles. The maximum atomic E-state index is 5.51. The molecule has 0 unspecified atom stereocenters. The zero-order chi connectivity index (χ0) is 6.69. The molecule has 0 amide bonds. The van der Waals surface area contributed by atoms with E-state index in [1.807, 2.05) is 0 Å². The fourth-order valence-electron chi connectivity index (χ4n) is 1.61. The van der Waals surface area contributed by atoms with E-state index >= 15 is 0 Å². The van der Waals surface area contributed by atoms with Crippen molar-refractivity contribution in [3.63, 3.8) is 0 Å². The maximum Gasteiger partial charge on any atom is -0.00488 e. The van der Waals surface area contributed by atoms with Crippen LogP contribution in [-0.4, -0.2) is 13.1 Å². The highest BCUT2D eigenvalue weighted by Gasteiger charge is 2.21. The van der Waals surface area contributed by atoms with E-state index in [1.165, 1.54) is 19.3 Å². The highest BCUT2D eigenvalue weighted by atomic mass is 14.6. The fourth-order valence-corrected chi connectivity index (χ4v) is 1.61. The molecule has 2 heteroatoms. The van der Waals surface area contributed by atoms with Crippen molar-refractivity contribution in [3.05, 3.63) is 0 Å². The second-order valence-electron chi connectivity index (χ2n) is 3.02. The van der Waals surface area contributed by atoms with Crippen LogP contribution in [0, 0.1) is 11.8 Å². The zero-order valence-corrected chi connectivity index (χ0v) is 5.84. The summed E-state index contributed by atoms with van der Waals surface area (Å²) < 4.78 is 0. The molecule has 1 saturated carbocycles. The highest BCUT2D eigenvalue weighted by molar-refractivity contribution is 4.76. The molecular weight excluding hydrogens is 112 g/mol. The molecule has 1 aliphatic rings. The monoisotopic (exact) mass is 128 g/mol. The lowest BCUT2D eigenvalue weighted by molar-refractivity contribution is 0.505. The Morgan fingerprint density at radius 1 is 1.00 bits per heavy atom. The number of rotatable bonds is 2. The summed E-state index contributed by atoms with van der Waals surface area (Å²) in [5.74, 6) is 1.55. The van der Waals surface area contributed by atoms with Crippen LogP contribution in [0.2, 0.25) is 0 Å². The molecule has 0 saturated heterocycles. The van der Waals surface area contributed by atoms with Gasteiger partial charge in [-0.05, 0) is 44.2 Å². The van der Waals surface area contributed by atoms with E-state index in [1.54, 1.807) is 0 Å². The van der Waals surface area contributed by atoms with Crippen LogP contribution in [0.15, 0.2) is 0 Å². The first-order chi connectivity index (χ1) is 4.36. The molecule has 2 atom stereocenters. The van der Waals surface area contributed by atoms with E-state index in [4.69, 9.17) is 11.5 Å². The Hall–Kier alpha value is -0.0800. The number of hydrogen-bond acceptors (Lipinski definition) is 2. The van der Waals surface area contributed by atoms with Gasteiger partial charge in [-0.2, -0.15) is 0 Å². The van der Waals surface area contributed by atoms with E-state index in [-0.39, 0.29) is 0 Å². The summed E-state index contributed by atoms with van der Waals surface area (Å²) in [6.07, 6.45) is 3.88. The molecule has 0 aromatic carbocycles. The molecule has 0 bridgehead atoms. The highest BCUT2D eigenvalue weighted by Crippen LogP contribution is 2.28. The Morgan fingerprint density at radius 2 is 1.44 bits per heavy atom. The second-order valence-corrected chi connectivity index (χ2v) is 3.02. The fraction of sp³-hybridized carbons (Fsp3) is 1.00. The van der Waals surface area contributed by atoms with E-state index in [0.29, 0.717) is 0 Å². The van der Waals surface area contributed by atoms with Crippen molar-refractivity contribution in [2.75, 3.05) is 13.1 Å². The molecule has 0 aliphatic heterocycles. The summed E-state index contributed by atoms with van der Waals surface area (Å²) in [4.78, 5) is 0. The lowest BCUT2D eigenvalue weighted by atomic mass is 10.1. The van der Waals surface area contributed by atoms with E-state index < -0.39 is 0 Å². The van der Waals surface area contributed by atoms with E-state index in [0.717, 1.165) is 24.9 Å². The van der Waals surface area contributed by atoms with Gasteiger partial charge in [0.15, 0.2) is 0 Å². The quantitative estimate of drug-likeness (QED) is 0.562. The van der Waals surface area contributed by atoms with Crippen LogP contribution in [0.4, 0.5) is 0 Å². The first kappa shape index (κ1) is 7.03. The summed E-state index contributed by atoms with van der Waals surface area (Å²) in [6, 6.07) is 0. The summed E-state index contributed by atoms with van der Waals surface area (Å²) in [5.41, 5.74) is 11.0. The summed E-state index contributed by atoms with van der Waals surface area (Å²) in [6.45, 7) is 1.72. The molecule has 9 heavy (non-hydrogen) atoms. The number of hydrogen-bond donors (Lipinski definition) is 2. The average molecular weight is 128 g/mol. The second kappa shape index (κ2) is 3.18. The molecule has 2 nitrogen and oxygen atoms in total. The zero-order valence-electron chi connectivity index (χ0n) is 5.84. The van der Waals surface area contributed by atoms with Crippen LogP contribution in [0.1, 0.15) is 19.3 Å². The Balaban J connectivity index is 2.20. The van der Waals surface area contributed by atoms with Crippen molar-refractivity contribution in [1.29, 1.82) is 0 Å². The molecule has 4 N–H and O–H groups in total. The first-order valence-electron chi connectivity index (χ1n) is 3.77. The van der Waals surface area contributed by atoms with Gasteiger partial charge in [-0.1, -0.05) is 0 Å². The van der Waals surface area contributed by atoms with Gasteiger partial charge >= 0.3 is 0 Å². The van der Waals surface area contributed by atoms with Crippen LogP contribution < -0.4 is 11.5 Å². The van der Waals surface area contributed by atoms with Gasteiger partial charge in [0, 0.05) is 0 Å². The van der Waals surface area contributed by atoms with Crippen molar-refractivity contribution in [1.82, 2.24) is 0 Å². The van der Waals surface area contributed by atoms with Crippen molar-refractivity contribution < 1.29 is 0 Å². The normalized spacial score (nSPS) is 35.3. The Labute approximate surface area is 56.6 Å². The first-order valence-corrected chi connectivity index (χ1v) is 3.77. The largest absolute Gasteiger partial charge is 0.330 e. The minimum Gasteiger partial charge on any atom is -0.330 e. The van der Waals surface area contributed by atoms with Gasteiger partial charge < -0.3 is 11.5 Å². The maximum absolute atomic E-state index is 5.51. The Bertz CT molecular complexity index is 73.0. The van der Waals surface area contributed by atoms with Crippen LogP contribution in [0.3, 0.4) is 0 Å². The molecule has 54 valence electrons. The smallest absolute Gasteiger partial charge is 0.00488 e. The summed E-state index contributed by atoms with van der Waals surface area (Å²) in [5, 5.41) is 0. The molecule has 1 aliphatic carbocycles. The van der Waals surface area contributed by atoms with Crippen molar-refractivity contribution in [2.24, 2.45) is 23.3 Å². The molecule has 0 radical (unpaired) electrons. The third kappa shape index (κ3) is 1.66. The van der Waals surface area contributed by atoms with Crippen LogP contribution in [0.25, 0.3) is 0 Å². The van der Waals surface area contributed by atoms with Gasteiger partial charge in [0.05, 0.1) is 0 Å². The van der Waals surface area contributed by atoms with E-state index in [2.05, 4.69) is 0 Å². The van der Waals surface area contributed by atoms with Crippen molar-refractivity contribution >= 4 is 0 Å². The molecule has 1 rings (SSSR count). The van der Waals surface area contributed by atoms with Gasteiger partial charge in [0.1, 0.15) is 0 Å². The SMILES string of the molecule is NC[C@H]1CC[C@H](CN)C1. The van der Waals surface area contributed by atoms with Crippen molar-refractivity contribution in [2.45, 2.75) is 19.3 Å². The molecule has 0 spiro atoms. The minimum absolute atomic E-state index is 0.776. The molecular formula is C7H16N2. The Morgan fingerprint density at radius 3 is 1.67 bits per heavy atom. The van der Waals surface area contributed by atoms with Gasteiger partial charge in [-0.25, -0.2) is 0 Å². The topological polar surface area (TPSA) is 52.0 Å². The molecule has 0 aromatic rings. The van der Waals surface area contributed by atoms with Crippen molar-refractivity contribution in [3.8, 4) is 0 Å². The van der Waals surface area contributed by atoms with Gasteiger partial charge in [-0.3, -0.25) is 0 Å². The molecule has 0 aromatic heterocycles. The van der Waals surface area contributed by atoms with Crippen LogP contribution in [0.5, 0.6) is 0 Å². The predicted molar refractivity (Wildman–Crippen MR) is 38.9 cm³/mol. The third-order valence-electron chi connectivity index (χ3n) is 2.32. The summed E-state index contributed by atoms with van der Waals surface area (Å²) >= 11 is 0. The minimum atomic E-state index is 0.776. The van der Waals surface area contributed by atoms with E-state index in [9.17, 15) is 0 Å². The lowest BCUT2D eigenvalue weighted by Crippen LogP contribution is -2.14. The van der Waals surface area contributed by atoms with Gasteiger partial charge in [0.2, 0.25) is 0 Å². The third-order valence-corrected chi connectivity index (χ3v) is 2.32. The lowest BCUT2D eigenvalue weighted by Gasteiger charge is -2.05.